The van der Waals surface area contributed by atoms with Crippen LogP contribution >= 0.6 is 0 Å². The molecule has 18 heavy (non-hydrogen) atoms. The third-order valence-corrected chi connectivity index (χ3v) is 3.04. The van der Waals surface area contributed by atoms with Gasteiger partial charge >= 0.3 is 0 Å². The lowest BCUT2D eigenvalue weighted by molar-refractivity contribution is 0.714. The van der Waals surface area contributed by atoms with Gasteiger partial charge in [0.1, 0.15) is 5.82 Å². The molecule has 0 bridgehead atoms. The zero-order valence-electron chi connectivity index (χ0n) is 12.1. The fourth-order valence-corrected chi connectivity index (χ4v) is 2.09. The van der Waals surface area contributed by atoms with Crippen molar-refractivity contribution in [2.24, 2.45) is 0 Å². The number of hydrogen-bond acceptors (Lipinski definition) is 3. The van der Waals surface area contributed by atoms with E-state index in [1.54, 1.807) is 0 Å². The van der Waals surface area contributed by atoms with E-state index < -0.39 is 0 Å². The molecule has 0 saturated heterocycles. The van der Waals surface area contributed by atoms with Gasteiger partial charge in [-0.05, 0) is 38.9 Å². The fourth-order valence-electron chi connectivity index (χ4n) is 2.09. The molecule has 100 valence electrons. The highest BCUT2D eigenvalue weighted by Gasteiger charge is 2.13. The Bertz CT molecular complexity index is 399. The molecule has 0 atom stereocenters. The summed E-state index contributed by atoms with van der Waals surface area (Å²) in [5.74, 6) is 1.09. The number of hydrogen-bond donors (Lipinski definition) is 1. The molecule has 0 fully saturated rings. The Morgan fingerprint density at radius 1 is 1.39 bits per heavy atom. The van der Waals surface area contributed by atoms with Crippen molar-refractivity contribution in [1.29, 1.82) is 0 Å². The lowest BCUT2D eigenvalue weighted by Crippen LogP contribution is -2.27. The predicted octanol–water partition coefficient (Wildman–Crippen LogP) is 2.82. The number of aryl methyl sites for hydroxylation is 2. The monoisotopic (exact) mass is 247 g/mol. The molecule has 1 heterocycles. The summed E-state index contributed by atoms with van der Waals surface area (Å²) in [6, 6.07) is 2.15. The van der Waals surface area contributed by atoms with Crippen molar-refractivity contribution in [3.63, 3.8) is 0 Å². The summed E-state index contributed by atoms with van der Waals surface area (Å²) < 4.78 is 0. The summed E-state index contributed by atoms with van der Waals surface area (Å²) in [5.41, 5.74) is 3.68. The minimum absolute atomic E-state index is 0.839. The highest BCUT2D eigenvalue weighted by molar-refractivity contribution is 5.52. The number of anilines is 1. The Labute approximate surface area is 111 Å². The van der Waals surface area contributed by atoms with Gasteiger partial charge in [0.25, 0.3) is 0 Å². The van der Waals surface area contributed by atoms with Crippen molar-refractivity contribution in [3.8, 4) is 0 Å². The molecule has 0 aliphatic carbocycles. The summed E-state index contributed by atoms with van der Waals surface area (Å²) in [7, 11) is 0. The second-order valence-electron chi connectivity index (χ2n) is 4.49. The summed E-state index contributed by atoms with van der Waals surface area (Å²) in [6.07, 6.45) is 1.93. The van der Waals surface area contributed by atoms with Gasteiger partial charge < -0.3 is 10.2 Å². The molecule has 0 saturated carbocycles. The number of rotatable bonds is 7. The summed E-state index contributed by atoms with van der Waals surface area (Å²) in [5, 5.41) is 3.39. The number of pyridine rings is 1. The molecular weight excluding hydrogens is 222 g/mol. The Hall–Kier alpha value is -1.35. The standard InChI is InChI=1S/C15H25N3/c1-6-9-18(8-3)15-14(11-16-7-2)12(4)10-13(5)17-15/h6,10,16H,1,7-9,11H2,2-5H3. The molecule has 0 radical (unpaired) electrons. The fraction of sp³-hybridized carbons (Fsp3) is 0.533. The molecule has 3 nitrogen and oxygen atoms in total. The van der Waals surface area contributed by atoms with Crippen molar-refractivity contribution in [2.75, 3.05) is 24.5 Å². The molecule has 0 aliphatic rings. The van der Waals surface area contributed by atoms with Crippen molar-refractivity contribution < 1.29 is 0 Å². The first-order valence-electron chi connectivity index (χ1n) is 6.67. The molecule has 0 unspecified atom stereocenters. The number of nitrogens with zero attached hydrogens (tertiary/aromatic N) is 2. The minimum atomic E-state index is 0.839. The number of nitrogens with one attached hydrogen (secondary N) is 1. The molecule has 0 spiro atoms. The van der Waals surface area contributed by atoms with Gasteiger partial charge in [-0.3, -0.25) is 0 Å². The molecule has 0 amide bonds. The van der Waals surface area contributed by atoms with Crippen molar-refractivity contribution in [2.45, 2.75) is 34.2 Å². The van der Waals surface area contributed by atoms with Gasteiger partial charge in [-0.2, -0.15) is 0 Å². The minimum Gasteiger partial charge on any atom is -0.353 e. The van der Waals surface area contributed by atoms with Crippen LogP contribution in [0.15, 0.2) is 18.7 Å². The van der Waals surface area contributed by atoms with Gasteiger partial charge in [-0.25, -0.2) is 4.98 Å². The molecule has 3 heteroatoms. The maximum absolute atomic E-state index is 4.71. The van der Waals surface area contributed by atoms with Crippen molar-refractivity contribution >= 4 is 5.82 Å². The zero-order chi connectivity index (χ0) is 13.5. The van der Waals surface area contributed by atoms with Crippen molar-refractivity contribution in [3.05, 3.63) is 35.5 Å². The van der Waals surface area contributed by atoms with Crippen LogP contribution in [-0.4, -0.2) is 24.6 Å². The van der Waals surface area contributed by atoms with Gasteiger partial charge in [-0.1, -0.05) is 13.0 Å². The first kappa shape index (κ1) is 14.7. The Balaban J connectivity index is 3.15. The van der Waals surface area contributed by atoms with Crippen LogP contribution in [0, 0.1) is 13.8 Å². The Morgan fingerprint density at radius 2 is 2.11 bits per heavy atom. The lowest BCUT2D eigenvalue weighted by atomic mass is 10.1. The number of aromatic nitrogens is 1. The van der Waals surface area contributed by atoms with Gasteiger partial charge in [-0.15, -0.1) is 6.58 Å². The zero-order valence-corrected chi connectivity index (χ0v) is 12.1. The third kappa shape index (κ3) is 3.57. The van der Waals surface area contributed by atoms with E-state index in [1.807, 2.05) is 6.08 Å². The van der Waals surface area contributed by atoms with E-state index in [-0.39, 0.29) is 0 Å². The van der Waals surface area contributed by atoms with E-state index >= 15 is 0 Å². The molecule has 0 aliphatic heterocycles. The topological polar surface area (TPSA) is 28.2 Å². The average molecular weight is 247 g/mol. The van der Waals surface area contributed by atoms with E-state index in [0.29, 0.717) is 0 Å². The summed E-state index contributed by atoms with van der Waals surface area (Å²) in [6.45, 7) is 15.9. The molecular formula is C15H25N3. The van der Waals surface area contributed by atoms with E-state index in [0.717, 1.165) is 37.7 Å². The maximum atomic E-state index is 4.71. The first-order valence-corrected chi connectivity index (χ1v) is 6.67. The second-order valence-corrected chi connectivity index (χ2v) is 4.49. The Kier molecular flexibility index (Phi) is 5.86. The molecule has 0 aromatic carbocycles. The highest BCUT2D eigenvalue weighted by atomic mass is 15.2. The largest absolute Gasteiger partial charge is 0.353 e. The Morgan fingerprint density at radius 3 is 2.67 bits per heavy atom. The van der Waals surface area contributed by atoms with E-state index in [2.05, 4.69) is 50.6 Å². The van der Waals surface area contributed by atoms with E-state index in [1.165, 1.54) is 11.1 Å². The highest BCUT2D eigenvalue weighted by Crippen LogP contribution is 2.22. The predicted molar refractivity (Wildman–Crippen MR) is 79.2 cm³/mol. The summed E-state index contributed by atoms with van der Waals surface area (Å²) >= 11 is 0. The molecule has 1 aromatic heterocycles. The summed E-state index contributed by atoms with van der Waals surface area (Å²) in [4.78, 5) is 6.98. The van der Waals surface area contributed by atoms with Crippen LogP contribution in [0.4, 0.5) is 5.82 Å². The number of likely N-dealkylation sites (N-methyl/N-ethyl adjacent to an activating group) is 1. The van der Waals surface area contributed by atoms with E-state index in [4.69, 9.17) is 4.98 Å². The van der Waals surface area contributed by atoms with Crippen LogP contribution < -0.4 is 10.2 Å². The second kappa shape index (κ2) is 7.17. The maximum Gasteiger partial charge on any atom is 0.133 e. The smallest absolute Gasteiger partial charge is 0.133 e. The van der Waals surface area contributed by atoms with E-state index in [9.17, 15) is 0 Å². The van der Waals surface area contributed by atoms with Gasteiger partial charge in [0.2, 0.25) is 0 Å². The van der Waals surface area contributed by atoms with Gasteiger partial charge in [0.15, 0.2) is 0 Å². The lowest BCUT2D eigenvalue weighted by Gasteiger charge is -2.25. The molecule has 1 rings (SSSR count). The van der Waals surface area contributed by atoms with Crippen molar-refractivity contribution in [1.82, 2.24) is 10.3 Å². The van der Waals surface area contributed by atoms with Crippen LogP contribution in [0.25, 0.3) is 0 Å². The van der Waals surface area contributed by atoms with Crippen LogP contribution in [0.5, 0.6) is 0 Å². The average Bonchev–Trinajstić information content (AvgIpc) is 2.34. The molecule has 1 aromatic rings. The molecule has 1 N–H and O–H groups in total. The quantitative estimate of drug-likeness (QED) is 0.751. The SMILES string of the molecule is C=CCN(CC)c1nc(C)cc(C)c1CNCC. The van der Waals surface area contributed by atoms with Gasteiger partial charge in [0.05, 0.1) is 0 Å². The van der Waals surface area contributed by atoms with Crippen LogP contribution in [0.2, 0.25) is 0 Å². The van der Waals surface area contributed by atoms with Gasteiger partial charge in [0, 0.05) is 30.9 Å². The van der Waals surface area contributed by atoms with Crippen LogP contribution in [0.3, 0.4) is 0 Å². The third-order valence-electron chi connectivity index (χ3n) is 3.04. The van der Waals surface area contributed by atoms with Crippen LogP contribution in [-0.2, 0) is 6.54 Å². The first-order chi connectivity index (χ1) is 8.63. The van der Waals surface area contributed by atoms with Crippen LogP contribution in [0.1, 0.15) is 30.7 Å². The normalized spacial score (nSPS) is 10.4.